The average molecular weight is 208 g/mol. The Morgan fingerprint density at radius 1 is 1.23 bits per heavy atom. The Bertz CT molecular complexity index is 123. The fourth-order valence-corrected chi connectivity index (χ4v) is 2.25. The van der Waals surface area contributed by atoms with Crippen LogP contribution in [0.15, 0.2) is 0 Å². The quantitative estimate of drug-likeness (QED) is 0.478. The molecule has 0 aliphatic carbocycles. The van der Waals surface area contributed by atoms with Crippen LogP contribution in [0, 0.1) is 0 Å². The van der Waals surface area contributed by atoms with Crippen LogP contribution in [-0.2, 0) is 13.3 Å². The average Bonchev–Trinajstić information content (AvgIpc) is 2.13. The van der Waals surface area contributed by atoms with E-state index in [1.165, 1.54) is 0 Å². The Kier molecular flexibility index (Phi) is 7.49. The van der Waals surface area contributed by atoms with E-state index in [9.17, 15) is 0 Å². The topological polar surface area (TPSA) is 47.9 Å². The number of hydrogen-bond donors (Lipinski definition) is 1. The molecule has 4 nitrogen and oxygen atoms in total. The molecule has 0 rings (SSSR count). The molecule has 0 saturated heterocycles. The zero-order valence-corrected chi connectivity index (χ0v) is 9.71. The van der Waals surface area contributed by atoms with Crippen LogP contribution in [0.4, 0.5) is 0 Å². The second kappa shape index (κ2) is 7.46. The van der Waals surface area contributed by atoms with E-state index in [4.69, 9.17) is 18.4 Å². The van der Waals surface area contributed by atoms with Crippen molar-refractivity contribution in [3.8, 4) is 0 Å². The van der Waals surface area contributed by atoms with Gasteiger partial charge in [0, 0.05) is 33.5 Å². The minimum Gasteiger partial charge on any atom is -0.396 e. The fourth-order valence-electron chi connectivity index (χ4n) is 0.893. The van der Waals surface area contributed by atoms with Gasteiger partial charge in [-0.15, -0.1) is 0 Å². The summed E-state index contributed by atoms with van der Waals surface area (Å²) in [6.07, 6.45) is 1.61. The molecule has 13 heavy (non-hydrogen) atoms. The molecule has 5 heteroatoms. The highest BCUT2D eigenvalue weighted by Gasteiger charge is 2.32. The largest absolute Gasteiger partial charge is 0.497 e. The van der Waals surface area contributed by atoms with Crippen LogP contribution >= 0.6 is 0 Å². The lowest BCUT2D eigenvalue weighted by Gasteiger charge is -2.23. The first-order valence-electron chi connectivity index (χ1n) is 4.62. The molecule has 0 aromatic carbocycles. The molecule has 1 atom stereocenters. The summed E-state index contributed by atoms with van der Waals surface area (Å²) in [5.74, 6) is 0. The number of unbranched alkanes of at least 4 members (excludes halogenated alkanes) is 1. The maximum Gasteiger partial charge on any atom is 0.497 e. The number of rotatable bonds is 8. The molecule has 0 bridgehead atoms. The van der Waals surface area contributed by atoms with E-state index in [1.807, 2.05) is 13.5 Å². The molecular weight excluding hydrogens is 188 g/mol. The molecule has 0 fully saturated rings. The summed E-state index contributed by atoms with van der Waals surface area (Å²) in [5, 5.41) is 8.55. The Balaban J connectivity index is 3.57. The summed E-state index contributed by atoms with van der Waals surface area (Å²) in [6.45, 7) is 5.20. The molecule has 0 aliphatic heterocycles. The molecule has 0 aromatic rings. The minimum atomic E-state index is -2.36. The summed E-state index contributed by atoms with van der Waals surface area (Å²) < 4.78 is 16.1. The van der Waals surface area contributed by atoms with E-state index >= 15 is 0 Å². The number of aliphatic hydroxyl groups excluding tert-OH is 1. The highest BCUT2D eigenvalue weighted by molar-refractivity contribution is 6.59. The van der Waals surface area contributed by atoms with Crippen molar-refractivity contribution < 1.29 is 18.4 Å². The van der Waals surface area contributed by atoms with Gasteiger partial charge in [-0.05, 0) is 19.8 Å². The van der Waals surface area contributed by atoms with Gasteiger partial charge in [0.1, 0.15) is 0 Å². The first-order chi connectivity index (χ1) is 6.18. The monoisotopic (exact) mass is 208 g/mol. The summed E-state index contributed by atoms with van der Waals surface area (Å²) >= 11 is 0. The van der Waals surface area contributed by atoms with E-state index in [-0.39, 0.29) is 6.61 Å². The third kappa shape index (κ3) is 6.17. The predicted octanol–water partition coefficient (Wildman–Crippen LogP) is 1.03. The first-order valence-corrected chi connectivity index (χ1v) is 6.85. The second-order valence-electron chi connectivity index (χ2n) is 2.78. The second-order valence-corrected chi connectivity index (χ2v) is 5.49. The molecular formula is C8H20O4Si. The highest BCUT2D eigenvalue weighted by Crippen LogP contribution is 2.08. The maximum atomic E-state index is 8.55. The lowest BCUT2D eigenvalue weighted by atomic mass is 10.3. The Hall–Kier alpha value is 0.0569. The molecule has 0 radical (unpaired) electrons. The van der Waals surface area contributed by atoms with Crippen LogP contribution in [0.5, 0.6) is 0 Å². The summed E-state index contributed by atoms with van der Waals surface area (Å²) in [7, 11) is -0.750. The molecule has 0 aliphatic rings. The van der Waals surface area contributed by atoms with E-state index in [2.05, 4.69) is 0 Å². The fraction of sp³-hybridized carbons (Fsp3) is 1.00. The van der Waals surface area contributed by atoms with Crippen molar-refractivity contribution in [2.45, 2.75) is 26.3 Å². The van der Waals surface area contributed by atoms with Gasteiger partial charge in [0.15, 0.2) is 0 Å². The minimum absolute atomic E-state index is 0.212. The van der Waals surface area contributed by atoms with Gasteiger partial charge in [-0.25, -0.2) is 0 Å². The Morgan fingerprint density at radius 3 is 2.38 bits per heavy atom. The summed E-state index contributed by atoms with van der Waals surface area (Å²) in [4.78, 5) is 0. The van der Waals surface area contributed by atoms with Crippen LogP contribution in [0.1, 0.15) is 19.8 Å². The molecule has 0 heterocycles. The van der Waals surface area contributed by atoms with Crippen LogP contribution in [0.3, 0.4) is 0 Å². The van der Waals surface area contributed by atoms with Crippen LogP contribution in [0.25, 0.3) is 0 Å². The summed E-state index contributed by atoms with van der Waals surface area (Å²) in [5.41, 5.74) is 0. The van der Waals surface area contributed by atoms with E-state index in [1.54, 1.807) is 7.11 Å². The van der Waals surface area contributed by atoms with Gasteiger partial charge in [-0.2, -0.15) is 0 Å². The van der Waals surface area contributed by atoms with Crippen molar-refractivity contribution in [3.05, 3.63) is 0 Å². The van der Waals surface area contributed by atoms with Gasteiger partial charge in [0.25, 0.3) is 0 Å². The van der Waals surface area contributed by atoms with Crippen molar-refractivity contribution in [3.63, 3.8) is 0 Å². The lowest BCUT2D eigenvalue weighted by molar-refractivity contribution is 0.0858. The first kappa shape index (κ1) is 13.1. The van der Waals surface area contributed by atoms with Crippen LogP contribution < -0.4 is 0 Å². The number of aliphatic hydroxyl groups is 1. The number of hydrogen-bond acceptors (Lipinski definition) is 4. The highest BCUT2D eigenvalue weighted by atomic mass is 28.4. The zero-order chi connectivity index (χ0) is 10.2. The van der Waals surface area contributed by atoms with Crippen molar-refractivity contribution in [1.82, 2.24) is 0 Å². The van der Waals surface area contributed by atoms with E-state index < -0.39 is 8.80 Å². The van der Waals surface area contributed by atoms with Crippen molar-refractivity contribution in [2.24, 2.45) is 0 Å². The van der Waals surface area contributed by atoms with Gasteiger partial charge < -0.3 is 18.4 Å². The van der Waals surface area contributed by atoms with Crippen molar-refractivity contribution in [1.29, 1.82) is 0 Å². The molecule has 0 spiro atoms. The van der Waals surface area contributed by atoms with Gasteiger partial charge in [-0.1, -0.05) is 0 Å². The predicted molar refractivity (Wildman–Crippen MR) is 52.5 cm³/mol. The van der Waals surface area contributed by atoms with E-state index in [0.717, 1.165) is 12.8 Å². The smallest absolute Gasteiger partial charge is 0.396 e. The van der Waals surface area contributed by atoms with E-state index in [0.29, 0.717) is 13.2 Å². The Labute approximate surface area is 81.2 Å². The standard InChI is InChI=1S/C8H20O4Si/c1-4-11-13(3,10-2)12-8-6-5-7-9/h9H,4-8H2,1-3H3. The van der Waals surface area contributed by atoms with Crippen molar-refractivity contribution in [2.75, 3.05) is 26.9 Å². The summed E-state index contributed by atoms with van der Waals surface area (Å²) in [6, 6.07) is 0. The molecule has 0 aromatic heterocycles. The third-order valence-electron chi connectivity index (χ3n) is 1.69. The normalized spacial score (nSPS) is 15.7. The maximum absolute atomic E-state index is 8.55. The van der Waals surface area contributed by atoms with Gasteiger partial charge in [-0.3, -0.25) is 0 Å². The Morgan fingerprint density at radius 2 is 1.92 bits per heavy atom. The van der Waals surface area contributed by atoms with Crippen LogP contribution in [0.2, 0.25) is 6.55 Å². The van der Waals surface area contributed by atoms with Gasteiger partial charge in [0.05, 0.1) is 0 Å². The molecule has 0 amide bonds. The molecule has 1 unspecified atom stereocenters. The lowest BCUT2D eigenvalue weighted by Crippen LogP contribution is -2.41. The third-order valence-corrected chi connectivity index (χ3v) is 3.98. The zero-order valence-electron chi connectivity index (χ0n) is 8.71. The molecule has 0 saturated carbocycles. The van der Waals surface area contributed by atoms with Crippen molar-refractivity contribution >= 4 is 8.80 Å². The SMILES string of the molecule is CCO[Si](C)(OC)OCCCCO. The van der Waals surface area contributed by atoms with Gasteiger partial charge >= 0.3 is 8.80 Å². The molecule has 80 valence electrons. The van der Waals surface area contributed by atoms with Gasteiger partial charge in [0.2, 0.25) is 0 Å². The molecule has 1 N–H and O–H groups in total. The van der Waals surface area contributed by atoms with Crippen LogP contribution in [-0.4, -0.2) is 40.8 Å².